The zero-order valence-corrected chi connectivity index (χ0v) is 13.9. The monoisotopic (exact) mass is 353 g/mol. The number of fused-ring (bicyclic) bond motifs is 1. The van der Waals surface area contributed by atoms with Crippen molar-refractivity contribution < 1.29 is 23.4 Å². The number of ether oxygens (including phenoxy) is 3. The summed E-state index contributed by atoms with van der Waals surface area (Å²) in [5, 5.41) is 10.4. The van der Waals surface area contributed by atoms with Crippen molar-refractivity contribution in [2.24, 2.45) is 0 Å². The number of hydrogen-bond donors (Lipinski definition) is 1. The molecule has 0 radical (unpaired) electrons. The van der Waals surface area contributed by atoms with E-state index >= 15 is 0 Å². The number of amides is 1. The van der Waals surface area contributed by atoms with Crippen LogP contribution in [0.1, 0.15) is 10.4 Å². The standard InChI is InChI=1S/C18H15N3O5/c1-23-13-5-3-2-4-12(13)16(22)19-18-21-20-17(26-18)11-6-7-14-15(10-11)25-9-8-24-14/h2-7,10H,8-9H2,1H3,(H,19,21,22). The van der Waals surface area contributed by atoms with E-state index in [4.69, 9.17) is 18.6 Å². The van der Waals surface area contributed by atoms with Crippen LogP contribution in [0.3, 0.4) is 0 Å². The first-order valence-corrected chi connectivity index (χ1v) is 7.92. The average molecular weight is 353 g/mol. The highest BCUT2D eigenvalue weighted by atomic mass is 16.6. The van der Waals surface area contributed by atoms with Crippen molar-refractivity contribution >= 4 is 11.9 Å². The summed E-state index contributed by atoms with van der Waals surface area (Å²) in [5.41, 5.74) is 1.04. The summed E-state index contributed by atoms with van der Waals surface area (Å²) >= 11 is 0. The minimum atomic E-state index is -0.403. The Morgan fingerprint density at radius 1 is 1.08 bits per heavy atom. The lowest BCUT2D eigenvalue weighted by Crippen LogP contribution is -2.15. The van der Waals surface area contributed by atoms with Crippen molar-refractivity contribution in [3.63, 3.8) is 0 Å². The summed E-state index contributed by atoms with van der Waals surface area (Å²) in [6.07, 6.45) is 0. The Morgan fingerprint density at radius 3 is 2.73 bits per heavy atom. The van der Waals surface area contributed by atoms with Crippen LogP contribution in [0.2, 0.25) is 0 Å². The van der Waals surface area contributed by atoms with Gasteiger partial charge < -0.3 is 18.6 Å². The van der Waals surface area contributed by atoms with Gasteiger partial charge in [-0.3, -0.25) is 10.1 Å². The Morgan fingerprint density at radius 2 is 1.88 bits per heavy atom. The number of hydrogen-bond acceptors (Lipinski definition) is 7. The van der Waals surface area contributed by atoms with Crippen molar-refractivity contribution in [1.82, 2.24) is 10.2 Å². The first-order valence-electron chi connectivity index (χ1n) is 7.92. The Balaban J connectivity index is 1.54. The van der Waals surface area contributed by atoms with Crippen molar-refractivity contribution in [3.05, 3.63) is 48.0 Å². The van der Waals surface area contributed by atoms with Gasteiger partial charge in [0.15, 0.2) is 11.5 Å². The van der Waals surface area contributed by atoms with E-state index in [0.717, 1.165) is 0 Å². The zero-order valence-electron chi connectivity index (χ0n) is 13.9. The third kappa shape index (κ3) is 3.04. The van der Waals surface area contributed by atoms with E-state index in [1.54, 1.807) is 42.5 Å². The van der Waals surface area contributed by atoms with Gasteiger partial charge in [0.05, 0.1) is 12.7 Å². The molecule has 1 aliphatic heterocycles. The van der Waals surface area contributed by atoms with Gasteiger partial charge in [-0.1, -0.05) is 17.2 Å². The van der Waals surface area contributed by atoms with Crippen molar-refractivity contribution in [1.29, 1.82) is 0 Å². The van der Waals surface area contributed by atoms with E-state index in [1.165, 1.54) is 7.11 Å². The quantitative estimate of drug-likeness (QED) is 0.770. The fourth-order valence-corrected chi connectivity index (χ4v) is 2.56. The topological polar surface area (TPSA) is 95.7 Å². The summed E-state index contributed by atoms with van der Waals surface area (Å²) in [7, 11) is 1.50. The predicted molar refractivity (Wildman–Crippen MR) is 91.7 cm³/mol. The fraction of sp³-hybridized carbons (Fsp3) is 0.167. The van der Waals surface area contributed by atoms with Gasteiger partial charge in [0.2, 0.25) is 5.89 Å². The molecular formula is C18H15N3O5. The maximum atomic E-state index is 12.4. The maximum absolute atomic E-state index is 12.4. The highest BCUT2D eigenvalue weighted by molar-refractivity contribution is 6.05. The van der Waals surface area contributed by atoms with Gasteiger partial charge in [0.1, 0.15) is 19.0 Å². The van der Waals surface area contributed by atoms with Gasteiger partial charge in [0, 0.05) is 5.56 Å². The summed E-state index contributed by atoms with van der Waals surface area (Å²) in [5.74, 6) is 1.60. The molecule has 0 saturated carbocycles. The number of benzene rings is 2. The minimum Gasteiger partial charge on any atom is -0.496 e. The number of carbonyl (C=O) groups is 1. The van der Waals surface area contributed by atoms with Crippen LogP contribution in [0.4, 0.5) is 6.01 Å². The van der Waals surface area contributed by atoms with Gasteiger partial charge in [-0.05, 0) is 30.3 Å². The highest BCUT2D eigenvalue weighted by Crippen LogP contribution is 2.34. The number of para-hydroxylation sites is 1. The van der Waals surface area contributed by atoms with Crippen LogP contribution in [0, 0.1) is 0 Å². The number of anilines is 1. The fourth-order valence-electron chi connectivity index (χ4n) is 2.56. The number of rotatable bonds is 4. The molecule has 0 spiro atoms. The second kappa shape index (κ2) is 6.75. The molecule has 4 rings (SSSR count). The van der Waals surface area contributed by atoms with Crippen molar-refractivity contribution in [2.45, 2.75) is 0 Å². The Bertz CT molecular complexity index is 954. The van der Waals surface area contributed by atoms with Crippen molar-refractivity contribution in [3.8, 4) is 28.7 Å². The molecule has 132 valence electrons. The number of nitrogens with one attached hydrogen (secondary N) is 1. The maximum Gasteiger partial charge on any atom is 0.322 e. The van der Waals surface area contributed by atoms with E-state index in [2.05, 4.69) is 15.5 Å². The largest absolute Gasteiger partial charge is 0.496 e. The van der Waals surface area contributed by atoms with E-state index in [-0.39, 0.29) is 11.9 Å². The predicted octanol–water partition coefficient (Wildman–Crippen LogP) is 2.77. The summed E-state index contributed by atoms with van der Waals surface area (Å²) in [6, 6.07) is 12.2. The number of methoxy groups -OCH3 is 1. The molecular weight excluding hydrogens is 338 g/mol. The lowest BCUT2D eigenvalue weighted by Gasteiger charge is -2.18. The van der Waals surface area contributed by atoms with Crippen LogP contribution >= 0.6 is 0 Å². The summed E-state index contributed by atoms with van der Waals surface area (Å²) in [6.45, 7) is 1.01. The molecule has 0 atom stereocenters. The van der Waals surface area contributed by atoms with Gasteiger partial charge in [-0.2, -0.15) is 0 Å². The molecule has 1 aromatic heterocycles. The molecule has 2 aromatic carbocycles. The smallest absolute Gasteiger partial charge is 0.322 e. The van der Waals surface area contributed by atoms with E-state index < -0.39 is 5.91 Å². The third-order valence-corrected chi connectivity index (χ3v) is 3.79. The summed E-state index contributed by atoms with van der Waals surface area (Å²) in [4.78, 5) is 12.4. The van der Waals surface area contributed by atoms with E-state index in [1.807, 2.05) is 0 Å². The molecule has 0 bridgehead atoms. The second-order valence-electron chi connectivity index (χ2n) is 5.43. The van der Waals surface area contributed by atoms with E-state index in [0.29, 0.717) is 41.6 Å². The van der Waals surface area contributed by atoms with Crippen LogP contribution < -0.4 is 19.5 Å². The molecule has 26 heavy (non-hydrogen) atoms. The molecule has 1 amide bonds. The lowest BCUT2D eigenvalue weighted by atomic mass is 10.2. The Labute approximate surface area is 148 Å². The first-order chi connectivity index (χ1) is 12.7. The Kier molecular flexibility index (Phi) is 4.14. The average Bonchev–Trinajstić information content (AvgIpc) is 3.16. The molecule has 0 fully saturated rings. The molecule has 3 aromatic rings. The molecule has 0 saturated heterocycles. The van der Waals surface area contributed by atoms with Crippen molar-refractivity contribution in [2.75, 3.05) is 25.6 Å². The molecule has 0 unspecified atom stereocenters. The van der Waals surface area contributed by atoms with Crippen LogP contribution in [0.5, 0.6) is 17.2 Å². The zero-order chi connectivity index (χ0) is 17.9. The molecule has 8 heteroatoms. The molecule has 0 aliphatic carbocycles. The van der Waals surface area contributed by atoms with Crippen LogP contribution in [0.25, 0.3) is 11.5 Å². The SMILES string of the molecule is COc1ccccc1C(=O)Nc1nnc(-c2ccc3c(c2)OCCO3)o1. The molecule has 8 nitrogen and oxygen atoms in total. The van der Waals surface area contributed by atoms with Gasteiger partial charge >= 0.3 is 6.01 Å². The van der Waals surface area contributed by atoms with Gasteiger partial charge in [-0.15, -0.1) is 5.10 Å². The summed E-state index contributed by atoms with van der Waals surface area (Å²) < 4.78 is 21.7. The number of nitrogens with zero attached hydrogens (tertiary/aromatic N) is 2. The molecule has 2 heterocycles. The minimum absolute atomic E-state index is 0.00852. The number of carbonyl (C=O) groups excluding carboxylic acids is 1. The van der Waals surface area contributed by atoms with E-state index in [9.17, 15) is 4.79 Å². The first kappa shape index (κ1) is 15.9. The molecule has 1 aliphatic rings. The van der Waals surface area contributed by atoms with Crippen LogP contribution in [-0.4, -0.2) is 36.4 Å². The van der Waals surface area contributed by atoms with Gasteiger partial charge in [0.25, 0.3) is 5.91 Å². The van der Waals surface area contributed by atoms with Crippen LogP contribution in [-0.2, 0) is 0 Å². The normalized spacial score (nSPS) is 12.5. The molecule has 1 N–H and O–H groups in total. The van der Waals surface area contributed by atoms with Gasteiger partial charge in [-0.25, -0.2) is 0 Å². The lowest BCUT2D eigenvalue weighted by molar-refractivity contribution is 0.102. The Hall–Kier alpha value is -3.55. The second-order valence-corrected chi connectivity index (χ2v) is 5.43. The highest BCUT2D eigenvalue weighted by Gasteiger charge is 2.18. The van der Waals surface area contributed by atoms with Crippen LogP contribution in [0.15, 0.2) is 46.9 Å². The third-order valence-electron chi connectivity index (χ3n) is 3.79. The number of aromatic nitrogens is 2.